The fraction of sp³-hybridized carbons (Fsp3) is 0.100. The first kappa shape index (κ1) is 36.8. The molecule has 1 atom stereocenters. The normalized spacial score (nSPS) is 15.4. The van der Waals surface area contributed by atoms with E-state index in [1.165, 1.54) is 89.0 Å². The minimum Gasteiger partial charge on any atom is -0.310 e. The second kappa shape index (κ2) is 14.2. The molecule has 0 amide bonds. The van der Waals surface area contributed by atoms with E-state index in [1.54, 1.807) is 0 Å². The van der Waals surface area contributed by atoms with E-state index in [9.17, 15) is 0 Å². The fourth-order valence-electron chi connectivity index (χ4n) is 10.6. The molecule has 9 aromatic rings. The van der Waals surface area contributed by atoms with Gasteiger partial charge in [-0.15, -0.1) is 0 Å². The molecule has 0 aromatic heterocycles. The molecule has 0 bridgehead atoms. The molecule has 0 spiro atoms. The van der Waals surface area contributed by atoms with Gasteiger partial charge < -0.3 is 4.90 Å². The van der Waals surface area contributed by atoms with Gasteiger partial charge >= 0.3 is 0 Å². The molecule has 11 rings (SSSR count). The number of nitrogens with zero attached hydrogens (tertiary/aromatic N) is 1. The minimum absolute atomic E-state index is 0.512. The molecule has 292 valence electrons. The van der Waals surface area contributed by atoms with Crippen LogP contribution in [0.3, 0.4) is 0 Å². The van der Waals surface area contributed by atoms with Gasteiger partial charge in [-0.1, -0.05) is 198 Å². The SMILES string of the molecule is Cc1ccc(N(c2ccc3c(c2)C(c2ccccc2)(c2ccc(C)cc2)c2ccccc2-3)c2ccc3c(c2)C(c2ccc(C)cc2)(c2ccc(C)cc2)c2ccccc2-3)cc1. The standard InChI is InChI=1S/C60H47N/c1-40-18-26-45(27-19-40)59(44-12-6-5-7-13-44)55-16-10-8-14-51(55)53-36-34-49(38-57(53)59)61(48-32-24-43(4)25-33-48)50-35-37-54-52-15-9-11-17-56(52)60(58(54)39-50,46-28-20-41(2)21-29-46)47-30-22-42(3)23-31-47/h5-39H,1-4H3. The van der Waals surface area contributed by atoms with E-state index < -0.39 is 10.8 Å². The van der Waals surface area contributed by atoms with Crippen LogP contribution in [0.2, 0.25) is 0 Å². The third kappa shape index (κ3) is 5.54. The van der Waals surface area contributed by atoms with Gasteiger partial charge in [0, 0.05) is 17.1 Å². The number of benzene rings is 9. The second-order valence-electron chi connectivity index (χ2n) is 17.2. The Balaban J connectivity index is 1.19. The van der Waals surface area contributed by atoms with Crippen molar-refractivity contribution in [1.29, 1.82) is 0 Å². The minimum atomic E-state index is -0.518. The Morgan fingerprint density at radius 3 is 0.984 bits per heavy atom. The summed E-state index contributed by atoms with van der Waals surface area (Å²) in [5, 5.41) is 0. The highest BCUT2D eigenvalue weighted by atomic mass is 15.1. The molecule has 1 unspecified atom stereocenters. The topological polar surface area (TPSA) is 3.24 Å². The first-order valence-electron chi connectivity index (χ1n) is 21.5. The first-order chi connectivity index (χ1) is 29.9. The van der Waals surface area contributed by atoms with Crippen LogP contribution in [0.4, 0.5) is 17.1 Å². The van der Waals surface area contributed by atoms with Crippen LogP contribution in [0.1, 0.15) is 66.8 Å². The Morgan fingerprint density at radius 2 is 0.574 bits per heavy atom. The van der Waals surface area contributed by atoms with Crippen LogP contribution >= 0.6 is 0 Å². The third-order valence-electron chi connectivity index (χ3n) is 13.5. The zero-order valence-corrected chi connectivity index (χ0v) is 35.2. The fourth-order valence-corrected chi connectivity index (χ4v) is 10.6. The molecule has 0 heterocycles. The Kier molecular flexibility index (Phi) is 8.58. The number of hydrogen-bond acceptors (Lipinski definition) is 1. The quantitative estimate of drug-likeness (QED) is 0.156. The summed E-state index contributed by atoms with van der Waals surface area (Å²) in [5.74, 6) is 0. The van der Waals surface area contributed by atoms with Crippen molar-refractivity contribution in [2.75, 3.05) is 4.90 Å². The first-order valence-corrected chi connectivity index (χ1v) is 21.5. The van der Waals surface area contributed by atoms with Crippen LogP contribution in [0.25, 0.3) is 22.3 Å². The van der Waals surface area contributed by atoms with Crippen molar-refractivity contribution < 1.29 is 0 Å². The highest BCUT2D eigenvalue weighted by Crippen LogP contribution is 2.59. The van der Waals surface area contributed by atoms with Gasteiger partial charge in [-0.05, 0) is 131 Å². The molecule has 1 heteroatoms. The largest absolute Gasteiger partial charge is 0.310 e. The summed E-state index contributed by atoms with van der Waals surface area (Å²) in [5.41, 5.74) is 22.7. The summed E-state index contributed by atoms with van der Waals surface area (Å²) < 4.78 is 0. The molecule has 0 radical (unpaired) electrons. The van der Waals surface area contributed by atoms with E-state index in [1.807, 2.05) is 0 Å². The average molecular weight is 782 g/mol. The molecule has 2 aliphatic carbocycles. The molecule has 0 saturated carbocycles. The van der Waals surface area contributed by atoms with Gasteiger partial charge in [-0.3, -0.25) is 0 Å². The van der Waals surface area contributed by atoms with Gasteiger partial charge in [0.1, 0.15) is 0 Å². The summed E-state index contributed by atoms with van der Waals surface area (Å²) in [6.07, 6.45) is 0. The zero-order chi connectivity index (χ0) is 41.3. The van der Waals surface area contributed by atoms with Crippen LogP contribution in [0.5, 0.6) is 0 Å². The van der Waals surface area contributed by atoms with E-state index in [0.717, 1.165) is 17.1 Å². The van der Waals surface area contributed by atoms with E-state index in [4.69, 9.17) is 0 Å². The lowest BCUT2D eigenvalue weighted by Gasteiger charge is -2.36. The van der Waals surface area contributed by atoms with E-state index in [-0.39, 0.29) is 0 Å². The summed E-state index contributed by atoms with van der Waals surface area (Å²) in [6.45, 7) is 8.70. The van der Waals surface area contributed by atoms with Gasteiger partial charge in [-0.25, -0.2) is 0 Å². The molecule has 1 nitrogen and oxygen atoms in total. The van der Waals surface area contributed by atoms with Crippen molar-refractivity contribution in [1.82, 2.24) is 0 Å². The number of hydrogen-bond donors (Lipinski definition) is 0. The highest BCUT2D eigenvalue weighted by molar-refractivity contribution is 5.92. The lowest BCUT2D eigenvalue weighted by molar-refractivity contribution is 0.766. The molecule has 0 fully saturated rings. The zero-order valence-electron chi connectivity index (χ0n) is 35.2. The number of aryl methyl sites for hydroxylation is 4. The van der Waals surface area contributed by atoms with Crippen LogP contribution < -0.4 is 4.90 Å². The summed E-state index contributed by atoms with van der Waals surface area (Å²) in [7, 11) is 0. The summed E-state index contributed by atoms with van der Waals surface area (Å²) in [6, 6.07) is 80.3. The maximum absolute atomic E-state index is 2.49. The molecular formula is C60H47N. The average Bonchev–Trinajstić information content (AvgIpc) is 3.76. The van der Waals surface area contributed by atoms with E-state index >= 15 is 0 Å². The maximum Gasteiger partial charge on any atom is 0.0714 e. The maximum atomic E-state index is 2.49. The van der Waals surface area contributed by atoms with Crippen molar-refractivity contribution in [3.8, 4) is 22.3 Å². The lowest BCUT2D eigenvalue weighted by Crippen LogP contribution is -2.29. The van der Waals surface area contributed by atoms with Gasteiger partial charge in [0.25, 0.3) is 0 Å². The lowest BCUT2D eigenvalue weighted by atomic mass is 9.67. The van der Waals surface area contributed by atoms with Crippen LogP contribution in [-0.4, -0.2) is 0 Å². The monoisotopic (exact) mass is 781 g/mol. The van der Waals surface area contributed by atoms with Crippen molar-refractivity contribution in [2.24, 2.45) is 0 Å². The van der Waals surface area contributed by atoms with Crippen LogP contribution in [-0.2, 0) is 10.8 Å². The Hall–Kier alpha value is -7.22. The second-order valence-corrected chi connectivity index (χ2v) is 17.2. The molecule has 0 aliphatic heterocycles. The van der Waals surface area contributed by atoms with E-state index in [0.29, 0.717) is 0 Å². The molecule has 0 N–H and O–H groups in total. The molecule has 61 heavy (non-hydrogen) atoms. The van der Waals surface area contributed by atoms with Crippen molar-refractivity contribution in [3.63, 3.8) is 0 Å². The number of anilines is 3. The smallest absolute Gasteiger partial charge is 0.0714 e. The Labute approximate surface area is 360 Å². The number of rotatable bonds is 7. The van der Waals surface area contributed by atoms with Gasteiger partial charge in [-0.2, -0.15) is 0 Å². The van der Waals surface area contributed by atoms with Crippen LogP contribution in [0.15, 0.2) is 212 Å². The van der Waals surface area contributed by atoms with Crippen molar-refractivity contribution in [3.05, 3.63) is 279 Å². The Bertz CT molecular complexity index is 3040. The number of fused-ring (bicyclic) bond motifs is 6. The molecular weight excluding hydrogens is 735 g/mol. The molecule has 2 aliphatic rings. The van der Waals surface area contributed by atoms with Crippen molar-refractivity contribution in [2.45, 2.75) is 38.5 Å². The predicted molar refractivity (Wildman–Crippen MR) is 255 cm³/mol. The molecule has 0 saturated heterocycles. The summed E-state index contributed by atoms with van der Waals surface area (Å²) in [4.78, 5) is 2.48. The highest BCUT2D eigenvalue weighted by Gasteiger charge is 2.48. The summed E-state index contributed by atoms with van der Waals surface area (Å²) >= 11 is 0. The predicted octanol–water partition coefficient (Wildman–Crippen LogP) is 15.1. The van der Waals surface area contributed by atoms with Gasteiger partial charge in [0.15, 0.2) is 0 Å². The van der Waals surface area contributed by atoms with Crippen molar-refractivity contribution >= 4 is 17.1 Å². The molecule has 9 aromatic carbocycles. The van der Waals surface area contributed by atoms with Crippen LogP contribution in [0, 0.1) is 27.7 Å². The Morgan fingerprint density at radius 1 is 0.262 bits per heavy atom. The van der Waals surface area contributed by atoms with E-state index in [2.05, 4.69) is 245 Å². The van der Waals surface area contributed by atoms with Gasteiger partial charge in [0.2, 0.25) is 0 Å². The van der Waals surface area contributed by atoms with Gasteiger partial charge in [0.05, 0.1) is 10.8 Å². The third-order valence-corrected chi connectivity index (χ3v) is 13.5.